The van der Waals surface area contributed by atoms with Crippen molar-refractivity contribution in [3.63, 3.8) is 0 Å². The Hall–Kier alpha value is -3.43. The molecular weight excluding hydrogens is 521 g/mol. The Bertz CT molecular complexity index is 1260. The van der Waals surface area contributed by atoms with Crippen LogP contribution in [0.25, 0.3) is 11.1 Å². The molecule has 0 atom stereocenters. The van der Waals surface area contributed by atoms with Crippen molar-refractivity contribution in [1.82, 2.24) is 15.2 Å². The number of furan rings is 1. The molecular formula is C32H40FN5O3. The fourth-order valence-electron chi connectivity index (χ4n) is 6.25. The number of piperazine rings is 1. The van der Waals surface area contributed by atoms with Crippen molar-refractivity contribution >= 4 is 17.5 Å². The van der Waals surface area contributed by atoms with Gasteiger partial charge in [0, 0.05) is 45.3 Å². The van der Waals surface area contributed by atoms with E-state index in [0.29, 0.717) is 19.0 Å². The van der Waals surface area contributed by atoms with Gasteiger partial charge in [-0.1, -0.05) is 12.1 Å². The molecule has 1 aliphatic carbocycles. The number of carbonyl (C=O) groups is 1. The van der Waals surface area contributed by atoms with E-state index in [1.54, 1.807) is 12.1 Å². The molecule has 9 heteroatoms. The third-order valence-electron chi connectivity index (χ3n) is 8.79. The molecule has 3 aliphatic rings. The summed E-state index contributed by atoms with van der Waals surface area (Å²) < 4.78 is 24.4. The third kappa shape index (κ3) is 7.08. The van der Waals surface area contributed by atoms with Gasteiger partial charge < -0.3 is 24.3 Å². The minimum absolute atomic E-state index is 0.105. The molecule has 1 aromatic carbocycles. The highest BCUT2D eigenvalue weighted by molar-refractivity contribution is 5.91. The van der Waals surface area contributed by atoms with Crippen LogP contribution in [0.5, 0.6) is 0 Å². The highest BCUT2D eigenvalue weighted by Gasteiger charge is 2.25. The van der Waals surface area contributed by atoms with Gasteiger partial charge in [-0.15, -0.1) is 0 Å². The number of pyridine rings is 1. The van der Waals surface area contributed by atoms with Crippen molar-refractivity contribution in [3.05, 3.63) is 66.4 Å². The maximum absolute atomic E-state index is 13.6. The largest absolute Gasteiger partial charge is 0.459 e. The molecule has 6 rings (SSSR count). The van der Waals surface area contributed by atoms with Crippen LogP contribution in [0.2, 0.25) is 0 Å². The lowest BCUT2D eigenvalue weighted by atomic mass is 9.84. The normalized spacial score (nSPS) is 22.1. The molecule has 0 bridgehead atoms. The average Bonchev–Trinajstić information content (AvgIpc) is 3.57. The highest BCUT2D eigenvalue weighted by atomic mass is 19.1. The van der Waals surface area contributed by atoms with Gasteiger partial charge in [0.05, 0.1) is 19.5 Å². The van der Waals surface area contributed by atoms with Crippen molar-refractivity contribution in [3.8, 4) is 11.1 Å². The number of carbonyl (C=O) groups excluding carboxylic acids is 1. The highest BCUT2D eigenvalue weighted by Crippen LogP contribution is 2.30. The van der Waals surface area contributed by atoms with Crippen LogP contribution in [0.3, 0.4) is 0 Å². The second-order valence-corrected chi connectivity index (χ2v) is 11.5. The summed E-state index contributed by atoms with van der Waals surface area (Å²) in [6.45, 7) is 8.09. The molecule has 0 spiro atoms. The van der Waals surface area contributed by atoms with Gasteiger partial charge in [0.15, 0.2) is 5.76 Å². The Morgan fingerprint density at radius 3 is 2.22 bits per heavy atom. The van der Waals surface area contributed by atoms with Crippen molar-refractivity contribution in [2.75, 3.05) is 68.8 Å². The number of amides is 1. The number of nitrogens with one attached hydrogen (secondary N) is 1. The van der Waals surface area contributed by atoms with Crippen LogP contribution >= 0.6 is 0 Å². The van der Waals surface area contributed by atoms with Crippen molar-refractivity contribution in [2.45, 2.75) is 38.1 Å². The van der Waals surface area contributed by atoms with Crippen molar-refractivity contribution < 1.29 is 18.3 Å². The smallest absolute Gasteiger partial charge is 0.287 e. The molecule has 1 saturated carbocycles. The summed E-state index contributed by atoms with van der Waals surface area (Å²) in [7, 11) is 0. The molecule has 0 unspecified atom stereocenters. The minimum Gasteiger partial charge on any atom is -0.459 e. The predicted octanol–water partition coefficient (Wildman–Crippen LogP) is 4.82. The minimum atomic E-state index is -0.225. The van der Waals surface area contributed by atoms with Crippen LogP contribution in [0.15, 0.2) is 59.2 Å². The number of nitrogens with zero attached hydrogens (tertiary/aromatic N) is 4. The number of hydrogen-bond donors (Lipinski definition) is 1. The summed E-state index contributed by atoms with van der Waals surface area (Å²) in [5.41, 5.74) is 2.06. The van der Waals surface area contributed by atoms with Gasteiger partial charge in [-0.05, 0) is 92.1 Å². The van der Waals surface area contributed by atoms with E-state index in [1.165, 1.54) is 24.8 Å². The number of halogens is 1. The third-order valence-corrected chi connectivity index (χ3v) is 8.79. The molecule has 1 amide bonds. The first kappa shape index (κ1) is 27.7. The van der Waals surface area contributed by atoms with E-state index >= 15 is 0 Å². The Morgan fingerprint density at radius 2 is 1.56 bits per heavy atom. The summed E-state index contributed by atoms with van der Waals surface area (Å²) >= 11 is 0. The summed E-state index contributed by atoms with van der Waals surface area (Å²) in [6, 6.07) is 14.7. The fourth-order valence-corrected chi connectivity index (χ4v) is 6.25. The molecule has 218 valence electrons. The van der Waals surface area contributed by atoms with E-state index in [-0.39, 0.29) is 17.8 Å². The summed E-state index contributed by atoms with van der Waals surface area (Å²) in [5, 5.41) is 3.13. The van der Waals surface area contributed by atoms with Crippen LogP contribution in [0.1, 0.15) is 42.7 Å². The quantitative estimate of drug-likeness (QED) is 0.423. The number of aromatic nitrogens is 1. The zero-order valence-corrected chi connectivity index (χ0v) is 23.6. The molecule has 8 nitrogen and oxygen atoms in total. The zero-order valence-electron chi connectivity index (χ0n) is 23.6. The second kappa shape index (κ2) is 13.0. The van der Waals surface area contributed by atoms with Crippen molar-refractivity contribution in [1.29, 1.82) is 0 Å². The Morgan fingerprint density at radius 1 is 0.878 bits per heavy atom. The first-order chi connectivity index (χ1) is 20.1. The van der Waals surface area contributed by atoms with E-state index in [1.807, 2.05) is 12.1 Å². The Labute approximate surface area is 241 Å². The number of rotatable bonds is 8. The van der Waals surface area contributed by atoms with Crippen LogP contribution < -0.4 is 15.1 Å². The van der Waals surface area contributed by atoms with E-state index in [9.17, 15) is 9.18 Å². The molecule has 2 saturated heterocycles. The molecule has 0 radical (unpaired) electrons. The van der Waals surface area contributed by atoms with Gasteiger partial charge in [0.2, 0.25) is 0 Å². The van der Waals surface area contributed by atoms with Crippen LogP contribution in [-0.4, -0.2) is 80.9 Å². The zero-order chi connectivity index (χ0) is 28.0. The summed E-state index contributed by atoms with van der Waals surface area (Å²) in [5.74, 6) is 2.73. The number of anilines is 2. The predicted molar refractivity (Wildman–Crippen MR) is 158 cm³/mol. The summed E-state index contributed by atoms with van der Waals surface area (Å²) in [4.78, 5) is 24.6. The Balaban J connectivity index is 1.01. The van der Waals surface area contributed by atoms with Crippen LogP contribution in [0.4, 0.5) is 16.0 Å². The van der Waals surface area contributed by atoms with Gasteiger partial charge in [0.25, 0.3) is 5.91 Å². The first-order valence-corrected chi connectivity index (χ1v) is 15.0. The SMILES string of the molecule is O=C(NC1CCC(CCN2CCN(c3cc(-c4ccc(F)cc4)cc(N4CCOCC4)n3)CC2)CC1)c1ccco1. The van der Waals surface area contributed by atoms with Gasteiger partial charge in [0.1, 0.15) is 17.5 Å². The standard InChI is InChI=1S/C32H40FN5O3/c33-27-7-5-25(6-8-27)26-22-30(35-31(23-26)38-17-20-40-21-18-38)37-15-13-36(14-16-37)12-11-24-3-9-28(10-4-24)34-32(39)29-2-1-19-41-29/h1-2,5-8,19,22-24,28H,3-4,9-18,20-21H2,(H,34,39). The second-order valence-electron chi connectivity index (χ2n) is 11.5. The number of ether oxygens (including phenoxy) is 1. The fraction of sp³-hybridized carbons (Fsp3) is 0.500. The molecule has 1 N–H and O–H groups in total. The lowest BCUT2D eigenvalue weighted by Crippen LogP contribution is -2.47. The molecule has 4 heterocycles. The number of morpholine rings is 1. The molecule has 3 aromatic rings. The van der Waals surface area contributed by atoms with Gasteiger partial charge in [-0.3, -0.25) is 9.69 Å². The lowest BCUT2D eigenvalue weighted by Gasteiger charge is -2.37. The maximum atomic E-state index is 13.6. The topological polar surface area (TPSA) is 74.1 Å². The Kier molecular flexibility index (Phi) is 8.82. The maximum Gasteiger partial charge on any atom is 0.287 e. The van der Waals surface area contributed by atoms with Gasteiger partial charge >= 0.3 is 0 Å². The first-order valence-electron chi connectivity index (χ1n) is 15.0. The van der Waals surface area contributed by atoms with Crippen LogP contribution in [0, 0.1) is 11.7 Å². The van der Waals surface area contributed by atoms with E-state index < -0.39 is 0 Å². The number of benzene rings is 1. The number of hydrogen-bond acceptors (Lipinski definition) is 7. The summed E-state index contributed by atoms with van der Waals surface area (Å²) in [6.07, 6.45) is 7.13. The van der Waals surface area contributed by atoms with E-state index in [4.69, 9.17) is 14.1 Å². The molecule has 3 fully saturated rings. The van der Waals surface area contributed by atoms with Gasteiger partial charge in [-0.2, -0.15) is 0 Å². The van der Waals surface area contributed by atoms with Gasteiger partial charge in [-0.25, -0.2) is 9.37 Å². The van der Waals surface area contributed by atoms with Crippen molar-refractivity contribution in [2.24, 2.45) is 5.92 Å². The molecule has 2 aromatic heterocycles. The van der Waals surface area contributed by atoms with E-state index in [0.717, 1.165) is 100 Å². The molecule has 41 heavy (non-hydrogen) atoms. The molecule has 2 aliphatic heterocycles. The van der Waals surface area contributed by atoms with Crippen LogP contribution in [-0.2, 0) is 4.74 Å². The monoisotopic (exact) mass is 561 g/mol. The lowest BCUT2D eigenvalue weighted by molar-refractivity contribution is 0.0891. The average molecular weight is 562 g/mol. The van der Waals surface area contributed by atoms with E-state index in [2.05, 4.69) is 32.1 Å².